The molecule has 0 spiro atoms. The molecule has 1 saturated heterocycles. The Morgan fingerprint density at radius 1 is 1.62 bits per heavy atom. The maximum atomic E-state index is 11.3. The van der Waals surface area contributed by atoms with E-state index in [0.29, 0.717) is 13.0 Å². The highest BCUT2D eigenvalue weighted by Gasteiger charge is 2.31. The van der Waals surface area contributed by atoms with Crippen LogP contribution in [0, 0.1) is 0 Å². The first-order chi connectivity index (χ1) is 6.00. The molecule has 1 rings (SSSR count). The van der Waals surface area contributed by atoms with Gasteiger partial charge < -0.3 is 15.1 Å². The summed E-state index contributed by atoms with van der Waals surface area (Å²) in [5, 5.41) is 18.4. The number of hydrogen-bond acceptors (Lipinski definition) is 3. The van der Waals surface area contributed by atoms with Gasteiger partial charge in [-0.05, 0) is 20.3 Å². The molecule has 0 radical (unpaired) electrons. The number of carbonyl (C=O) groups is 1. The zero-order valence-electron chi connectivity index (χ0n) is 8.10. The van der Waals surface area contributed by atoms with E-state index >= 15 is 0 Å². The minimum atomic E-state index is -0.524. The molecular weight excluding hydrogens is 170 g/mol. The lowest BCUT2D eigenvalue weighted by Crippen LogP contribution is -2.36. The molecule has 0 aromatic rings. The van der Waals surface area contributed by atoms with Crippen LogP contribution >= 0.6 is 0 Å². The molecule has 0 aromatic carbocycles. The van der Waals surface area contributed by atoms with Crippen LogP contribution < -0.4 is 0 Å². The van der Waals surface area contributed by atoms with Crippen LogP contribution in [0.5, 0.6) is 0 Å². The number of aliphatic hydroxyl groups is 2. The lowest BCUT2D eigenvalue weighted by Gasteiger charge is -2.25. The van der Waals surface area contributed by atoms with Gasteiger partial charge in [-0.1, -0.05) is 0 Å². The van der Waals surface area contributed by atoms with Crippen molar-refractivity contribution in [1.29, 1.82) is 0 Å². The van der Waals surface area contributed by atoms with E-state index in [2.05, 4.69) is 0 Å². The van der Waals surface area contributed by atoms with E-state index in [0.717, 1.165) is 0 Å². The molecule has 1 aliphatic heterocycles. The second-order valence-corrected chi connectivity index (χ2v) is 3.84. The monoisotopic (exact) mass is 187 g/mol. The topological polar surface area (TPSA) is 60.8 Å². The minimum Gasteiger partial charge on any atom is -0.393 e. The number of aliphatic hydroxyl groups excluding tert-OH is 2. The van der Waals surface area contributed by atoms with Gasteiger partial charge in [0.1, 0.15) is 0 Å². The maximum Gasteiger partial charge on any atom is 0.225 e. The Labute approximate surface area is 78.2 Å². The summed E-state index contributed by atoms with van der Waals surface area (Å²) < 4.78 is 0. The molecule has 1 aliphatic rings. The van der Waals surface area contributed by atoms with Gasteiger partial charge in [-0.15, -0.1) is 0 Å². The summed E-state index contributed by atoms with van der Waals surface area (Å²) in [5.74, 6) is -0.0133. The Bertz CT molecular complexity index is 193. The van der Waals surface area contributed by atoms with Gasteiger partial charge in [-0.3, -0.25) is 4.79 Å². The van der Waals surface area contributed by atoms with Crippen LogP contribution in [0.25, 0.3) is 0 Å². The molecule has 0 saturated carbocycles. The van der Waals surface area contributed by atoms with E-state index in [4.69, 9.17) is 5.11 Å². The average molecular weight is 187 g/mol. The Hall–Kier alpha value is -0.610. The first-order valence-corrected chi connectivity index (χ1v) is 4.66. The van der Waals surface area contributed by atoms with Gasteiger partial charge in [0.05, 0.1) is 18.6 Å². The normalized spacial score (nSPS) is 27.8. The fraction of sp³-hybridized carbons (Fsp3) is 0.889. The van der Waals surface area contributed by atoms with Gasteiger partial charge in [0.2, 0.25) is 5.91 Å². The van der Waals surface area contributed by atoms with Crippen LogP contribution in [0.1, 0.15) is 26.7 Å². The molecule has 4 heteroatoms. The van der Waals surface area contributed by atoms with E-state index < -0.39 is 12.2 Å². The zero-order valence-corrected chi connectivity index (χ0v) is 8.10. The standard InChI is InChI=1S/C9H17NO3/c1-6(3-7(2)11)10-5-8(12)4-9(10)13/h6-8,11-12H,3-5H2,1-2H3. The summed E-state index contributed by atoms with van der Waals surface area (Å²) in [4.78, 5) is 12.9. The van der Waals surface area contributed by atoms with Crippen LogP contribution in [-0.2, 0) is 4.79 Å². The molecule has 0 aliphatic carbocycles. The number of amides is 1. The Morgan fingerprint density at radius 3 is 2.62 bits per heavy atom. The fourth-order valence-corrected chi connectivity index (χ4v) is 1.76. The van der Waals surface area contributed by atoms with Crippen LogP contribution in [0.2, 0.25) is 0 Å². The first kappa shape index (κ1) is 10.5. The third-order valence-electron chi connectivity index (χ3n) is 2.35. The van der Waals surface area contributed by atoms with Crippen molar-refractivity contribution in [3.05, 3.63) is 0 Å². The third kappa shape index (κ3) is 2.67. The van der Waals surface area contributed by atoms with Crippen molar-refractivity contribution in [2.75, 3.05) is 6.54 Å². The summed E-state index contributed by atoms with van der Waals surface area (Å²) >= 11 is 0. The fourth-order valence-electron chi connectivity index (χ4n) is 1.76. The van der Waals surface area contributed by atoms with Gasteiger partial charge in [0, 0.05) is 12.6 Å². The summed E-state index contributed by atoms with van der Waals surface area (Å²) in [7, 11) is 0. The lowest BCUT2D eigenvalue weighted by atomic mass is 10.1. The number of hydrogen-bond donors (Lipinski definition) is 2. The van der Waals surface area contributed by atoms with Crippen LogP contribution in [0.3, 0.4) is 0 Å². The molecule has 4 nitrogen and oxygen atoms in total. The van der Waals surface area contributed by atoms with Crippen molar-refractivity contribution in [3.8, 4) is 0 Å². The van der Waals surface area contributed by atoms with E-state index in [1.54, 1.807) is 11.8 Å². The molecule has 1 heterocycles. The van der Waals surface area contributed by atoms with E-state index in [1.807, 2.05) is 6.92 Å². The Morgan fingerprint density at radius 2 is 2.23 bits per heavy atom. The SMILES string of the molecule is CC(O)CC(C)N1CC(O)CC1=O. The lowest BCUT2D eigenvalue weighted by molar-refractivity contribution is -0.129. The highest BCUT2D eigenvalue weighted by Crippen LogP contribution is 2.16. The quantitative estimate of drug-likeness (QED) is 0.640. The van der Waals surface area contributed by atoms with Crippen molar-refractivity contribution in [2.24, 2.45) is 0 Å². The highest BCUT2D eigenvalue weighted by molar-refractivity contribution is 5.79. The van der Waals surface area contributed by atoms with Crippen molar-refractivity contribution < 1.29 is 15.0 Å². The summed E-state index contributed by atoms with van der Waals surface area (Å²) in [5.41, 5.74) is 0. The number of rotatable bonds is 3. The van der Waals surface area contributed by atoms with Crippen molar-refractivity contribution in [1.82, 2.24) is 4.90 Å². The van der Waals surface area contributed by atoms with Gasteiger partial charge >= 0.3 is 0 Å². The van der Waals surface area contributed by atoms with Gasteiger partial charge in [0.25, 0.3) is 0 Å². The van der Waals surface area contributed by atoms with Crippen LogP contribution in [-0.4, -0.2) is 45.8 Å². The molecule has 2 N–H and O–H groups in total. The number of β-amino-alcohol motifs (C(OH)–C–C–N with tert-alkyl or cyclic N) is 1. The first-order valence-electron chi connectivity index (χ1n) is 4.66. The van der Waals surface area contributed by atoms with E-state index in [1.165, 1.54) is 0 Å². The smallest absolute Gasteiger partial charge is 0.225 e. The van der Waals surface area contributed by atoms with Crippen LogP contribution in [0.15, 0.2) is 0 Å². The summed E-state index contributed by atoms with van der Waals surface area (Å²) in [6.45, 7) is 4.00. The Kier molecular flexibility index (Phi) is 3.27. The van der Waals surface area contributed by atoms with Crippen molar-refractivity contribution >= 4 is 5.91 Å². The molecule has 1 fully saturated rings. The summed E-state index contributed by atoms with van der Waals surface area (Å²) in [6, 6.07) is 0.0182. The van der Waals surface area contributed by atoms with Crippen LogP contribution in [0.4, 0.5) is 0 Å². The molecule has 3 unspecified atom stereocenters. The van der Waals surface area contributed by atoms with Gasteiger partial charge in [-0.25, -0.2) is 0 Å². The van der Waals surface area contributed by atoms with Crippen molar-refractivity contribution in [2.45, 2.75) is 44.9 Å². The number of nitrogens with zero attached hydrogens (tertiary/aromatic N) is 1. The number of carbonyl (C=O) groups excluding carboxylic acids is 1. The average Bonchev–Trinajstić information content (AvgIpc) is 2.28. The zero-order chi connectivity index (χ0) is 10.0. The molecule has 76 valence electrons. The molecular formula is C9H17NO3. The minimum absolute atomic E-state index is 0.0133. The molecule has 13 heavy (non-hydrogen) atoms. The van der Waals surface area contributed by atoms with Gasteiger partial charge in [-0.2, -0.15) is 0 Å². The second kappa shape index (κ2) is 4.07. The van der Waals surface area contributed by atoms with E-state index in [-0.39, 0.29) is 18.4 Å². The predicted octanol–water partition coefficient (Wildman–Crippen LogP) is -0.261. The highest BCUT2D eigenvalue weighted by atomic mass is 16.3. The maximum absolute atomic E-state index is 11.3. The third-order valence-corrected chi connectivity index (χ3v) is 2.35. The predicted molar refractivity (Wildman–Crippen MR) is 48.1 cm³/mol. The molecule has 0 aromatic heterocycles. The molecule has 3 atom stereocenters. The van der Waals surface area contributed by atoms with Gasteiger partial charge in [0.15, 0.2) is 0 Å². The summed E-state index contributed by atoms with van der Waals surface area (Å²) in [6.07, 6.45) is -0.132. The van der Waals surface area contributed by atoms with E-state index in [9.17, 15) is 9.90 Å². The Balaban J connectivity index is 2.47. The molecule has 0 bridgehead atoms. The number of likely N-dealkylation sites (tertiary alicyclic amines) is 1. The van der Waals surface area contributed by atoms with Crippen molar-refractivity contribution in [3.63, 3.8) is 0 Å². The molecule has 1 amide bonds. The second-order valence-electron chi connectivity index (χ2n) is 3.84. The largest absolute Gasteiger partial charge is 0.393 e.